The molecule has 1 aromatic heterocycles. The zero-order valence-corrected chi connectivity index (χ0v) is 16.2. The number of thiophene rings is 1. The van der Waals surface area contributed by atoms with Gasteiger partial charge in [-0.3, -0.25) is 9.59 Å². The molecule has 1 aliphatic carbocycles. The van der Waals surface area contributed by atoms with Gasteiger partial charge in [0.05, 0.1) is 11.1 Å². The second-order valence-corrected chi connectivity index (χ2v) is 9.52. The summed E-state index contributed by atoms with van der Waals surface area (Å²) in [6, 6.07) is 5.76. The molecule has 2 aromatic rings. The Bertz CT molecular complexity index is 1120. The van der Waals surface area contributed by atoms with Crippen LogP contribution in [0.25, 0.3) is 0 Å². The van der Waals surface area contributed by atoms with Gasteiger partial charge in [-0.05, 0) is 43.4 Å². The van der Waals surface area contributed by atoms with Crippen molar-refractivity contribution in [3.8, 4) is 0 Å². The Labute approximate surface area is 164 Å². The molecule has 10 heteroatoms. The molecule has 0 unspecified atom stereocenters. The summed E-state index contributed by atoms with van der Waals surface area (Å²) in [7, 11) is -4.10. The Morgan fingerprint density at radius 1 is 1.18 bits per heavy atom. The SMILES string of the molecule is O=C(CN1C(=O)c2ccccc2S1(=O)=O)Nc1sc2c(c1C(=O)O)CCCC2. The molecular weight excluding hydrogens is 404 g/mol. The van der Waals surface area contributed by atoms with Gasteiger partial charge in [0, 0.05) is 4.88 Å². The van der Waals surface area contributed by atoms with Crippen LogP contribution in [0.4, 0.5) is 5.00 Å². The number of anilines is 1. The highest BCUT2D eigenvalue weighted by Gasteiger charge is 2.42. The second-order valence-electron chi connectivity index (χ2n) is 6.58. The highest BCUT2D eigenvalue weighted by atomic mass is 32.2. The minimum absolute atomic E-state index is 0.0214. The molecule has 2 N–H and O–H groups in total. The molecule has 0 fully saturated rings. The summed E-state index contributed by atoms with van der Waals surface area (Å²) in [5, 5.41) is 12.2. The Balaban J connectivity index is 1.59. The zero-order valence-electron chi connectivity index (χ0n) is 14.6. The van der Waals surface area contributed by atoms with Crippen LogP contribution >= 0.6 is 11.3 Å². The highest BCUT2D eigenvalue weighted by molar-refractivity contribution is 7.90. The van der Waals surface area contributed by atoms with E-state index < -0.39 is 34.4 Å². The van der Waals surface area contributed by atoms with Crippen molar-refractivity contribution in [2.75, 3.05) is 11.9 Å². The van der Waals surface area contributed by atoms with E-state index in [1.807, 2.05) is 0 Å². The number of sulfonamides is 1. The maximum atomic E-state index is 12.6. The van der Waals surface area contributed by atoms with E-state index in [2.05, 4.69) is 5.32 Å². The van der Waals surface area contributed by atoms with Crippen molar-refractivity contribution in [1.82, 2.24) is 4.31 Å². The number of carbonyl (C=O) groups is 3. The Kier molecular flexibility index (Phi) is 4.47. The lowest BCUT2D eigenvalue weighted by molar-refractivity contribution is -0.116. The van der Waals surface area contributed by atoms with E-state index in [4.69, 9.17) is 0 Å². The number of carboxylic acids is 1. The monoisotopic (exact) mass is 420 g/mol. The van der Waals surface area contributed by atoms with Gasteiger partial charge in [0.1, 0.15) is 16.4 Å². The lowest BCUT2D eigenvalue weighted by Crippen LogP contribution is -2.37. The summed E-state index contributed by atoms with van der Waals surface area (Å²) in [6.45, 7) is -0.711. The van der Waals surface area contributed by atoms with Gasteiger partial charge in [-0.2, -0.15) is 0 Å². The molecular formula is C18H16N2O6S2. The molecule has 0 atom stereocenters. The van der Waals surface area contributed by atoms with Gasteiger partial charge >= 0.3 is 5.97 Å². The summed E-state index contributed by atoms with van der Waals surface area (Å²) < 4.78 is 25.6. The van der Waals surface area contributed by atoms with Crippen molar-refractivity contribution >= 4 is 44.1 Å². The van der Waals surface area contributed by atoms with Crippen molar-refractivity contribution in [2.45, 2.75) is 30.6 Å². The van der Waals surface area contributed by atoms with Gasteiger partial charge < -0.3 is 10.4 Å². The lowest BCUT2D eigenvalue weighted by Gasteiger charge is -2.14. The molecule has 8 nitrogen and oxygen atoms in total. The average molecular weight is 420 g/mol. The maximum Gasteiger partial charge on any atom is 0.339 e. The molecule has 28 heavy (non-hydrogen) atoms. The van der Waals surface area contributed by atoms with Crippen LogP contribution in [0.2, 0.25) is 0 Å². The van der Waals surface area contributed by atoms with Gasteiger partial charge in [-0.25, -0.2) is 17.5 Å². The van der Waals surface area contributed by atoms with E-state index in [0.29, 0.717) is 10.7 Å². The number of hydrogen-bond donors (Lipinski definition) is 2. The molecule has 146 valence electrons. The molecule has 4 rings (SSSR count). The number of fused-ring (bicyclic) bond motifs is 2. The molecule has 0 bridgehead atoms. The summed E-state index contributed by atoms with van der Waals surface area (Å²) in [5.41, 5.74) is 0.816. The number of carbonyl (C=O) groups excluding carboxylic acids is 2. The van der Waals surface area contributed by atoms with Crippen molar-refractivity contribution in [2.24, 2.45) is 0 Å². The minimum atomic E-state index is -4.10. The number of nitrogens with one attached hydrogen (secondary N) is 1. The molecule has 1 aromatic carbocycles. The normalized spacial score (nSPS) is 17.1. The van der Waals surface area contributed by atoms with Crippen molar-refractivity contribution < 1.29 is 27.9 Å². The first-order valence-electron chi connectivity index (χ1n) is 8.64. The number of aromatic carboxylic acids is 1. The van der Waals surface area contributed by atoms with Crippen LogP contribution in [-0.2, 0) is 27.7 Å². The second kappa shape index (κ2) is 6.71. The molecule has 1 aliphatic heterocycles. The van der Waals surface area contributed by atoms with Crippen molar-refractivity contribution in [3.05, 3.63) is 45.8 Å². The number of nitrogens with zero attached hydrogens (tertiary/aromatic N) is 1. The summed E-state index contributed by atoms with van der Waals surface area (Å²) >= 11 is 1.20. The van der Waals surface area contributed by atoms with Crippen molar-refractivity contribution in [1.29, 1.82) is 0 Å². The van der Waals surface area contributed by atoms with Gasteiger partial charge in [0.2, 0.25) is 5.91 Å². The predicted octanol–water partition coefficient (Wildman–Crippen LogP) is 2.11. The van der Waals surface area contributed by atoms with E-state index in [9.17, 15) is 27.9 Å². The van der Waals surface area contributed by atoms with Gasteiger partial charge in [-0.15, -0.1) is 11.3 Å². The number of benzene rings is 1. The topological polar surface area (TPSA) is 121 Å². The van der Waals surface area contributed by atoms with Crippen LogP contribution in [0.1, 0.15) is 44.0 Å². The summed E-state index contributed by atoms with van der Waals surface area (Å²) in [6.07, 6.45) is 3.23. The third-order valence-corrected chi connectivity index (χ3v) is 7.83. The fourth-order valence-corrected chi connectivity index (χ4v) is 6.39. The number of amides is 2. The highest BCUT2D eigenvalue weighted by Crippen LogP contribution is 2.38. The van der Waals surface area contributed by atoms with E-state index in [0.717, 1.165) is 29.7 Å². The molecule has 0 radical (unpaired) electrons. The average Bonchev–Trinajstić information content (AvgIpc) is 3.11. The first kappa shape index (κ1) is 18.6. The largest absolute Gasteiger partial charge is 0.478 e. The summed E-state index contributed by atoms with van der Waals surface area (Å²) in [4.78, 5) is 37.4. The van der Waals surface area contributed by atoms with Crippen LogP contribution in [0.3, 0.4) is 0 Å². The maximum absolute atomic E-state index is 12.6. The molecule has 2 heterocycles. The smallest absolute Gasteiger partial charge is 0.339 e. The van der Waals surface area contributed by atoms with E-state index in [-0.39, 0.29) is 21.0 Å². The minimum Gasteiger partial charge on any atom is -0.478 e. The molecule has 2 amide bonds. The third-order valence-electron chi connectivity index (χ3n) is 4.84. The van der Waals surface area contributed by atoms with Crippen LogP contribution in [0.5, 0.6) is 0 Å². The number of rotatable bonds is 4. The van der Waals surface area contributed by atoms with Gasteiger partial charge in [0.25, 0.3) is 15.9 Å². The quantitative estimate of drug-likeness (QED) is 0.781. The Hall–Kier alpha value is -2.72. The molecule has 2 aliphatic rings. The molecule has 0 spiro atoms. The van der Waals surface area contributed by atoms with E-state index in [1.165, 1.54) is 29.5 Å². The zero-order chi connectivity index (χ0) is 20.1. The number of carboxylic acid groups (broad SMARTS) is 1. The first-order chi connectivity index (χ1) is 13.3. The molecule has 0 saturated carbocycles. The molecule has 0 saturated heterocycles. The Morgan fingerprint density at radius 2 is 1.89 bits per heavy atom. The summed E-state index contributed by atoms with van der Waals surface area (Å²) in [5.74, 6) is -2.66. The number of aryl methyl sites for hydroxylation is 1. The van der Waals surface area contributed by atoms with Gasteiger partial charge in [-0.1, -0.05) is 12.1 Å². The fourth-order valence-electron chi connectivity index (χ4n) is 3.56. The fraction of sp³-hybridized carbons (Fsp3) is 0.278. The standard InChI is InChI=1S/C18H16N2O6S2/c21-14(9-20-17(22)11-6-2-4-8-13(11)28(20,25)26)19-16-15(18(23)24)10-5-1-3-7-12(10)27-16/h2,4,6,8H,1,3,5,7,9H2,(H,19,21)(H,23,24). The lowest BCUT2D eigenvalue weighted by atomic mass is 9.95. The van der Waals surface area contributed by atoms with Crippen LogP contribution in [-0.4, -0.2) is 42.2 Å². The van der Waals surface area contributed by atoms with Crippen LogP contribution < -0.4 is 5.32 Å². The van der Waals surface area contributed by atoms with Crippen molar-refractivity contribution in [3.63, 3.8) is 0 Å². The van der Waals surface area contributed by atoms with E-state index >= 15 is 0 Å². The van der Waals surface area contributed by atoms with Gasteiger partial charge in [0.15, 0.2) is 0 Å². The van der Waals surface area contributed by atoms with E-state index in [1.54, 1.807) is 6.07 Å². The third kappa shape index (κ3) is 2.89. The first-order valence-corrected chi connectivity index (χ1v) is 10.9. The number of hydrogen-bond acceptors (Lipinski definition) is 6. The predicted molar refractivity (Wildman–Crippen MR) is 101 cm³/mol. The van der Waals surface area contributed by atoms with Crippen LogP contribution in [0.15, 0.2) is 29.2 Å². The van der Waals surface area contributed by atoms with Crippen LogP contribution in [0, 0.1) is 0 Å². The Morgan fingerprint density at radius 3 is 2.61 bits per heavy atom.